The molecule has 0 radical (unpaired) electrons. The Morgan fingerprint density at radius 1 is 0.184 bits per heavy atom. The minimum Gasteiger partial charge on any atom is -0.311 e. The average Bonchev–Trinajstić information content (AvgIpc) is 0.719. The van der Waals surface area contributed by atoms with E-state index in [4.69, 9.17) is 0 Å². The molecule has 2 aliphatic rings. The Hall–Kier alpha value is -11.3. The van der Waals surface area contributed by atoms with Crippen molar-refractivity contribution in [2.75, 3.05) is 9.80 Å². The van der Waals surface area contributed by atoms with Crippen LogP contribution in [0, 0.1) is 0 Å². The third-order valence-electron chi connectivity index (χ3n) is 17.6. The summed E-state index contributed by atoms with van der Waals surface area (Å²) < 4.78 is 0. The maximum atomic E-state index is 2.61. The standard InChI is InChI=1S/C84H57BN2/c1-9-26-58(27-10-1)66-44-46-79-77(54-66)85-78-55-67(59-28-11-2-12-29-59)45-47-80(78)87(74-52-70(62-34-17-5-18-35-62)49-71(53-74)63-36-19-6-20-37-63)82-57-72(83-75(64-38-21-7-22-39-64)42-25-43-76(83)65-40-23-8-24-41-65)56-81(84(82)85)86(79)73-50-68(60-30-13-3-14-31-60)48-69(51-73)61-32-15-4-16-33-61/h1-57H. The number of nitrogens with zero attached hydrogens (tertiary/aromatic N) is 2. The van der Waals surface area contributed by atoms with Crippen molar-refractivity contribution in [2.45, 2.75) is 0 Å². The fourth-order valence-electron chi connectivity index (χ4n) is 13.6. The molecule has 87 heavy (non-hydrogen) atoms. The van der Waals surface area contributed by atoms with E-state index in [1.54, 1.807) is 0 Å². The Bertz CT molecular complexity index is 4410. The molecule has 0 bridgehead atoms. The predicted molar refractivity (Wildman–Crippen MR) is 369 cm³/mol. The molecule has 2 nitrogen and oxygen atoms in total. The maximum absolute atomic E-state index is 2.61. The van der Waals surface area contributed by atoms with Crippen molar-refractivity contribution >= 4 is 57.2 Å². The molecule has 0 N–H and O–H groups in total. The van der Waals surface area contributed by atoms with Crippen LogP contribution in [0.25, 0.3) is 100 Å². The van der Waals surface area contributed by atoms with E-state index in [2.05, 4.69) is 356 Å². The monoisotopic (exact) mass is 1100 g/mol. The summed E-state index contributed by atoms with van der Waals surface area (Å²) in [5, 5.41) is 0. The minimum atomic E-state index is -0.191. The molecule has 14 aromatic carbocycles. The first-order valence-electron chi connectivity index (χ1n) is 30.1. The Balaban J connectivity index is 1.07. The molecule has 406 valence electrons. The van der Waals surface area contributed by atoms with E-state index in [1.807, 2.05) is 0 Å². The molecular formula is C84H57BN2. The highest BCUT2D eigenvalue weighted by atomic mass is 15.2. The van der Waals surface area contributed by atoms with Gasteiger partial charge in [-0.25, -0.2) is 0 Å². The highest BCUT2D eigenvalue weighted by Crippen LogP contribution is 2.51. The lowest BCUT2D eigenvalue weighted by Gasteiger charge is -2.45. The lowest BCUT2D eigenvalue weighted by molar-refractivity contribution is 1.25. The summed E-state index contributed by atoms with van der Waals surface area (Å²) in [7, 11) is 0. The topological polar surface area (TPSA) is 6.48 Å². The molecule has 3 heteroatoms. The van der Waals surface area contributed by atoms with Gasteiger partial charge in [0.15, 0.2) is 0 Å². The summed E-state index contributed by atoms with van der Waals surface area (Å²) >= 11 is 0. The molecule has 2 heterocycles. The SMILES string of the molecule is c1ccc(-c2cc(-c3ccccc3)cc(N3c4ccc(-c5ccccc5)cc4B4c5cc(-c6ccccc6)ccc5N(c5cc(-c6ccccc6)cc(-c6ccccc6)c5)c5cc(-c6c(-c7ccccc7)cccc6-c6ccccc6)cc3c54)c2)cc1. The van der Waals surface area contributed by atoms with E-state index < -0.39 is 0 Å². The Labute approximate surface area is 510 Å². The molecule has 2 aliphatic heterocycles. The molecule has 0 saturated heterocycles. The maximum Gasteiger partial charge on any atom is 0.252 e. The van der Waals surface area contributed by atoms with E-state index >= 15 is 0 Å². The zero-order valence-electron chi connectivity index (χ0n) is 47.9. The van der Waals surface area contributed by atoms with E-state index in [-0.39, 0.29) is 6.71 Å². The first-order chi connectivity index (χ1) is 43.1. The van der Waals surface area contributed by atoms with Crippen LogP contribution in [0.4, 0.5) is 34.1 Å². The summed E-state index contributed by atoms with van der Waals surface area (Å²) in [5.41, 5.74) is 31.3. The summed E-state index contributed by atoms with van der Waals surface area (Å²) in [5.74, 6) is 0. The van der Waals surface area contributed by atoms with Gasteiger partial charge in [-0.3, -0.25) is 0 Å². The first-order valence-corrected chi connectivity index (χ1v) is 30.1. The minimum absolute atomic E-state index is 0.191. The van der Waals surface area contributed by atoms with Crippen molar-refractivity contribution in [3.63, 3.8) is 0 Å². The van der Waals surface area contributed by atoms with Crippen molar-refractivity contribution in [3.05, 3.63) is 346 Å². The van der Waals surface area contributed by atoms with Gasteiger partial charge in [0.05, 0.1) is 0 Å². The predicted octanol–water partition coefficient (Wildman–Crippen LogP) is 20.8. The zero-order valence-corrected chi connectivity index (χ0v) is 47.9. The van der Waals surface area contributed by atoms with Crippen molar-refractivity contribution in [2.24, 2.45) is 0 Å². The summed E-state index contributed by atoms with van der Waals surface area (Å²) in [6.45, 7) is -0.191. The van der Waals surface area contributed by atoms with Crippen LogP contribution < -0.4 is 26.2 Å². The van der Waals surface area contributed by atoms with E-state index in [0.717, 1.165) is 95.3 Å². The van der Waals surface area contributed by atoms with Gasteiger partial charge >= 0.3 is 0 Å². The fraction of sp³-hybridized carbons (Fsp3) is 0. The van der Waals surface area contributed by atoms with Crippen molar-refractivity contribution in [1.82, 2.24) is 0 Å². The quantitative estimate of drug-likeness (QED) is 0.119. The highest BCUT2D eigenvalue weighted by Gasteiger charge is 2.44. The van der Waals surface area contributed by atoms with Gasteiger partial charge in [-0.2, -0.15) is 0 Å². The van der Waals surface area contributed by atoms with E-state index in [9.17, 15) is 0 Å². The molecule has 0 unspecified atom stereocenters. The lowest BCUT2D eigenvalue weighted by atomic mass is 9.33. The normalized spacial score (nSPS) is 12.1. The third kappa shape index (κ3) is 9.44. The Morgan fingerprint density at radius 3 is 0.782 bits per heavy atom. The van der Waals surface area contributed by atoms with Gasteiger partial charge in [-0.05, 0) is 177 Å². The lowest BCUT2D eigenvalue weighted by Crippen LogP contribution is -2.61. The van der Waals surface area contributed by atoms with Crippen LogP contribution in [0.5, 0.6) is 0 Å². The van der Waals surface area contributed by atoms with Gasteiger partial charge in [0.25, 0.3) is 6.71 Å². The number of hydrogen-bond donors (Lipinski definition) is 0. The van der Waals surface area contributed by atoms with Gasteiger partial charge in [0.1, 0.15) is 0 Å². The van der Waals surface area contributed by atoms with E-state index in [1.165, 1.54) is 55.3 Å². The largest absolute Gasteiger partial charge is 0.311 e. The van der Waals surface area contributed by atoms with E-state index in [0.29, 0.717) is 0 Å². The Kier molecular flexibility index (Phi) is 13.0. The molecule has 0 atom stereocenters. The van der Waals surface area contributed by atoms with Crippen LogP contribution in [0.1, 0.15) is 0 Å². The molecule has 0 amide bonds. The molecular weight excluding hydrogens is 1050 g/mol. The number of rotatable bonds is 11. The van der Waals surface area contributed by atoms with Crippen LogP contribution in [0.2, 0.25) is 0 Å². The molecule has 14 aromatic rings. The second-order valence-electron chi connectivity index (χ2n) is 22.8. The van der Waals surface area contributed by atoms with Gasteiger partial charge in [0, 0.05) is 34.1 Å². The molecule has 0 spiro atoms. The number of hydrogen-bond acceptors (Lipinski definition) is 2. The van der Waals surface area contributed by atoms with Crippen molar-refractivity contribution in [3.8, 4) is 100 Å². The number of fused-ring (bicyclic) bond motifs is 4. The Morgan fingerprint density at radius 2 is 0.471 bits per heavy atom. The summed E-state index contributed by atoms with van der Waals surface area (Å²) in [6, 6.07) is 128. The number of anilines is 6. The van der Waals surface area contributed by atoms with Crippen LogP contribution >= 0.6 is 0 Å². The van der Waals surface area contributed by atoms with Gasteiger partial charge in [-0.1, -0.05) is 285 Å². The zero-order chi connectivity index (χ0) is 57.6. The van der Waals surface area contributed by atoms with Crippen LogP contribution in [-0.4, -0.2) is 6.71 Å². The van der Waals surface area contributed by atoms with Gasteiger partial charge < -0.3 is 9.80 Å². The molecule has 0 saturated carbocycles. The second-order valence-corrected chi connectivity index (χ2v) is 22.8. The molecule has 0 aliphatic carbocycles. The smallest absolute Gasteiger partial charge is 0.252 e. The van der Waals surface area contributed by atoms with Crippen LogP contribution in [0.3, 0.4) is 0 Å². The second kappa shape index (κ2) is 22.1. The van der Waals surface area contributed by atoms with Crippen LogP contribution in [0.15, 0.2) is 346 Å². The third-order valence-corrected chi connectivity index (χ3v) is 17.6. The molecule has 0 aromatic heterocycles. The average molecular weight is 1110 g/mol. The van der Waals surface area contributed by atoms with Gasteiger partial charge in [0.2, 0.25) is 0 Å². The summed E-state index contributed by atoms with van der Waals surface area (Å²) in [6.07, 6.45) is 0. The van der Waals surface area contributed by atoms with Crippen molar-refractivity contribution in [1.29, 1.82) is 0 Å². The first kappa shape index (κ1) is 51.4. The van der Waals surface area contributed by atoms with Crippen LogP contribution in [-0.2, 0) is 0 Å². The fourth-order valence-corrected chi connectivity index (χ4v) is 13.6. The summed E-state index contributed by atoms with van der Waals surface area (Å²) in [4.78, 5) is 5.21. The highest BCUT2D eigenvalue weighted by molar-refractivity contribution is 7.00. The molecule has 16 rings (SSSR count). The molecule has 0 fully saturated rings. The number of benzene rings is 14. The van der Waals surface area contributed by atoms with Gasteiger partial charge in [-0.15, -0.1) is 0 Å². The van der Waals surface area contributed by atoms with Crippen molar-refractivity contribution < 1.29 is 0 Å².